The summed E-state index contributed by atoms with van der Waals surface area (Å²) >= 11 is 0. The van der Waals surface area contributed by atoms with Gasteiger partial charge < -0.3 is 21.7 Å². The predicted octanol–water partition coefficient (Wildman–Crippen LogP) is 2.77. The van der Waals surface area contributed by atoms with E-state index in [9.17, 15) is 9.59 Å². The largest absolute Gasteiger partial charge is 0.395 e. The van der Waals surface area contributed by atoms with Crippen LogP contribution in [0.15, 0.2) is 90.7 Å². The third-order valence-electron chi connectivity index (χ3n) is 5.21. The van der Waals surface area contributed by atoms with Crippen LogP contribution in [0.1, 0.15) is 24.1 Å². The van der Waals surface area contributed by atoms with Crippen molar-refractivity contribution in [3.63, 3.8) is 0 Å². The van der Waals surface area contributed by atoms with E-state index >= 15 is 0 Å². The number of amides is 3. The number of urea groups is 1. The quantitative estimate of drug-likeness (QED) is 0.483. The van der Waals surface area contributed by atoms with Gasteiger partial charge in [-0.1, -0.05) is 55.1 Å². The Morgan fingerprint density at radius 3 is 2.72 bits per heavy atom. The zero-order valence-electron chi connectivity index (χ0n) is 17.6. The van der Waals surface area contributed by atoms with Gasteiger partial charge in [0, 0.05) is 11.8 Å². The van der Waals surface area contributed by atoms with E-state index in [2.05, 4.69) is 39.8 Å². The molecule has 2 aromatic carbocycles. The second-order valence-corrected chi connectivity index (χ2v) is 7.58. The van der Waals surface area contributed by atoms with Gasteiger partial charge in [0.25, 0.3) is 5.91 Å². The molecule has 0 fully saturated rings. The van der Waals surface area contributed by atoms with Crippen molar-refractivity contribution >= 4 is 11.9 Å². The molecule has 162 valence electrons. The first kappa shape index (κ1) is 20.9. The molecular formula is C24H24N6O2. The maximum Gasteiger partial charge on any atom is 0.323 e. The van der Waals surface area contributed by atoms with Crippen molar-refractivity contribution in [2.24, 2.45) is 5.73 Å². The van der Waals surface area contributed by atoms with Gasteiger partial charge >= 0.3 is 6.03 Å². The van der Waals surface area contributed by atoms with Gasteiger partial charge in [0.1, 0.15) is 5.70 Å². The van der Waals surface area contributed by atoms with E-state index in [1.165, 1.54) is 5.56 Å². The fraction of sp³-hybridized carbons (Fsp3) is 0.125. The molecule has 1 atom stereocenters. The predicted molar refractivity (Wildman–Crippen MR) is 122 cm³/mol. The lowest BCUT2D eigenvalue weighted by Gasteiger charge is -2.22. The van der Waals surface area contributed by atoms with Crippen molar-refractivity contribution in [1.82, 2.24) is 25.7 Å². The summed E-state index contributed by atoms with van der Waals surface area (Å²) in [5, 5.41) is 12.2. The Balaban J connectivity index is 1.48. The zero-order chi connectivity index (χ0) is 22.7. The summed E-state index contributed by atoms with van der Waals surface area (Å²) in [5.41, 5.74) is 10.2. The average Bonchev–Trinajstić information content (AvgIpc) is 3.25. The number of benzene rings is 2. The Morgan fingerprint density at radius 1 is 1.16 bits per heavy atom. The third kappa shape index (κ3) is 4.54. The lowest BCUT2D eigenvalue weighted by molar-refractivity contribution is -0.118. The number of nitrogens with zero attached hydrogens (tertiary/aromatic N) is 2. The molecule has 0 radical (unpaired) electrons. The first-order chi connectivity index (χ1) is 15.4. The van der Waals surface area contributed by atoms with Crippen LogP contribution in [0.25, 0.3) is 11.1 Å². The van der Waals surface area contributed by atoms with Crippen molar-refractivity contribution in [3.05, 3.63) is 102 Å². The average molecular weight is 428 g/mol. The van der Waals surface area contributed by atoms with Crippen LogP contribution in [-0.4, -0.2) is 21.7 Å². The highest BCUT2D eigenvalue weighted by atomic mass is 16.2. The number of nitrogens with one attached hydrogen (secondary N) is 3. The van der Waals surface area contributed by atoms with Crippen LogP contribution < -0.4 is 21.7 Å². The first-order valence-electron chi connectivity index (χ1n) is 10.2. The van der Waals surface area contributed by atoms with Crippen LogP contribution in [0.4, 0.5) is 4.79 Å². The van der Waals surface area contributed by atoms with E-state index < -0.39 is 11.9 Å². The minimum absolute atomic E-state index is 0.0102. The Bertz CT molecular complexity index is 1210. The molecule has 4 rings (SSSR count). The molecule has 3 aromatic rings. The Labute approximate surface area is 185 Å². The molecule has 0 spiro atoms. The molecule has 1 aliphatic heterocycles. The van der Waals surface area contributed by atoms with Crippen LogP contribution in [0, 0.1) is 0 Å². The topological polar surface area (TPSA) is 114 Å². The minimum atomic E-state index is -0.545. The van der Waals surface area contributed by atoms with Gasteiger partial charge in [-0.2, -0.15) is 5.10 Å². The van der Waals surface area contributed by atoms with Gasteiger partial charge in [0.2, 0.25) is 0 Å². The maximum absolute atomic E-state index is 12.7. The third-order valence-corrected chi connectivity index (χ3v) is 5.21. The van der Waals surface area contributed by atoms with E-state index in [4.69, 9.17) is 5.73 Å². The summed E-state index contributed by atoms with van der Waals surface area (Å²) < 4.78 is 1.89. The highest BCUT2D eigenvalue weighted by Gasteiger charge is 2.25. The van der Waals surface area contributed by atoms with Crippen molar-refractivity contribution in [2.75, 3.05) is 0 Å². The SMILES string of the molecule is C=C1NC(=O)NC(C(=O)N[C@H](C)c2cccc(-c3cnn(Cc4ccccc4)c3)c2)=C1N. The molecule has 3 amide bonds. The van der Waals surface area contributed by atoms with E-state index in [0.29, 0.717) is 6.54 Å². The van der Waals surface area contributed by atoms with Gasteiger partial charge in [-0.05, 0) is 29.7 Å². The number of hydrogen-bond donors (Lipinski definition) is 4. The highest BCUT2D eigenvalue weighted by Crippen LogP contribution is 2.23. The summed E-state index contributed by atoms with van der Waals surface area (Å²) in [7, 11) is 0. The van der Waals surface area contributed by atoms with Gasteiger partial charge in [0.05, 0.1) is 30.2 Å². The van der Waals surface area contributed by atoms with Crippen LogP contribution in [0.5, 0.6) is 0 Å². The standard InChI is InChI=1S/C24H24N6O2/c1-15(27-23(31)22-21(25)16(2)28-24(32)29-22)18-9-6-10-19(11-18)20-12-26-30(14-20)13-17-7-4-3-5-8-17/h3-12,14-15H,2,13,25H2,1H3,(H,27,31)(H2,28,29,32)/t15-/m1/s1. The van der Waals surface area contributed by atoms with E-state index in [1.807, 2.05) is 66.5 Å². The molecule has 2 heterocycles. The highest BCUT2D eigenvalue weighted by molar-refractivity contribution is 6.00. The summed E-state index contributed by atoms with van der Waals surface area (Å²) in [6.07, 6.45) is 3.82. The molecule has 8 heteroatoms. The number of hydrogen-bond acceptors (Lipinski definition) is 4. The van der Waals surface area contributed by atoms with Gasteiger partial charge in [-0.15, -0.1) is 0 Å². The van der Waals surface area contributed by atoms with Crippen molar-refractivity contribution < 1.29 is 9.59 Å². The molecule has 0 saturated heterocycles. The van der Waals surface area contributed by atoms with Crippen LogP contribution >= 0.6 is 0 Å². The molecule has 0 aliphatic carbocycles. The van der Waals surface area contributed by atoms with Crippen molar-refractivity contribution in [3.8, 4) is 11.1 Å². The van der Waals surface area contributed by atoms with Crippen LogP contribution in [0.3, 0.4) is 0 Å². The fourth-order valence-electron chi connectivity index (χ4n) is 3.46. The first-order valence-corrected chi connectivity index (χ1v) is 10.2. The molecular weight excluding hydrogens is 404 g/mol. The van der Waals surface area contributed by atoms with Crippen molar-refractivity contribution in [2.45, 2.75) is 19.5 Å². The number of rotatable bonds is 6. The van der Waals surface area contributed by atoms with Crippen LogP contribution in [-0.2, 0) is 11.3 Å². The fourth-order valence-corrected chi connectivity index (χ4v) is 3.46. The number of aromatic nitrogens is 2. The summed E-state index contributed by atoms with van der Waals surface area (Å²) in [6, 6.07) is 17.1. The lowest BCUT2D eigenvalue weighted by atomic mass is 10.0. The number of nitrogens with two attached hydrogens (primary N) is 1. The molecule has 1 aliphatic rings. The maximum atomic E-state index is 12.7. The zero-order valence-corrected chi connectivity index (χ0v) is 17.6. The molecule has 1 aromatic heterocycles. The summed E-state index contributed by atoms with van der Waals surface area (Å²) in [5.74, 6) is -0.480. The molecule has 0 unspecified atom stereocenters. The normalized spacial score (nSPS) is 14.5. The summed E-state index contributed by atoms with van der Waals surface area (Å²) in [6.45, 7) is 6.20. The van der Waals surface area contributed by atoms with Gasteiger partial charge in [-0.3, -0.25) is 9.48 Å². The second-order valence-electron chi connectivity index (χ2n) is 7.58. The lowest BCUT2D eigenvalue weighted by Crippen LogP contribution is -2.47. The van der Waals surface area contributed by atoms with Crippen LogP contribution in [0.2, 0.25) is 0 Å². The van der Waals surface area contributed by atoms with E-state index in [0.717, 1.165) is 16.7 Å². The second kappa shape index (κ2) is 8.81. The molecule has 0 saturated carbocycles. The van der Waals surface area contributed by atoms with E-state index in [1.54, 1.807) is 0 Å². The minimum Gasteiger partial charge on any atom is -0.395 e. The molecule has 5 N–H and O–H groups in total. The van der Waals surface area contributed by atoms with Crippen molar-refractivity contribution in [1.29, 1.82) is 0 Å². The monoisotopic (exact) mass is 428 g/mol. The smallest absolute Gasteiger partial charge is 0.323 e. The Kier molecular flexibility index (Phi) is 5.76. The Morgan fingerprint density at radius 2 is 1.94 bits per heavy atom. The Hall–Kier alpha value is -4.33. The summed E-state index contributed by atoms with van der Waals surface area (Å²) in [4.78, 5) is 24.3. The van der Waals surface area contributed by atoms with Gasteiger partial charge in [-0.25, -0.2) is 4.79 Å². The van der Waals surface area contributed by atoms with E-state index in [-0.39, 0.29) is 23.1 Å². The molecule has 0 bridgehead atoms. The van der Waals surface area contributed by atoms with Gasteiger partial charge in [0.15, 0.2) is 0 Å². The molecule has 8 nitrogen and oxygen atoms in total. The number of carbonyl (C=O) groups is 2. The number of carbonyl (C=O) groups excluding carboxylic acids is 2. The molecule has 32 heavy (non-hydrogen) atoms.